The molecule has 1 aromatic heterocycles. The van der Waals surface area contributed by atoms with Gasteiger partial charge in [0.05, 0.1) is 17.3 Å². The summed E-state index contributed by atoms with van der Waals surface area (Å²) in [4.78, 5) is 0. The number of nitrogens with zero attached hydrogens (tertiary/aromatic N) is 2. The predicted molar refractivity (Wildman–Crippen MR) is 84.4 cm³/mol. The molecule has 0 amide bonds. The third-order valence-electron chi connectivity index (χ3n) is 3.22. The summed E-state index contributed by atoms with van der Waals surface area (Å²) >= 11 is 6.01. The van der Waals surface area contributed by atoms with Crippen molar-refractivity contribution in [2.75, 3.05) is 6.54 Å². The highest BCUT2D eigenvalue weighted by Crippen LogP contribution is 2.14. The fourth-order valence-electron chi connectivity index (χ4n) is 2.08. The fraction of sp³-hybridized carbons (Fsp3) is 0.438. The summed E-state index contributed by atoms with van der Waals surface area (Å²) in [5.41, 5.74) is 3.48. The van der Waals surface area contributed by atoms with Crippen molar-refractivity contribution in [2.24, 2.45) is 0 Å². The molecule has 0 bridgehead atoms. The monoisotopic (exact) mass is 291 g/mol. The lowest BCUT2D eigenvalue weighted by molar-refractivity contribution is 0.590. The van der Waals surface area contributed by atoms with Crippen LogP contribution in [-0.4, -0.2) is 22.4 Å². The van der Waals surface area contributed by atoms with Crippen LogP contribution in [0.15, 0.2) is 30.5 Å². The molecule has 0 aliphatic carbocycles. The molecule has 2 aromatic rings. The van der Waals surface area contributed by atoms with E-state index in [1.165, 1.54) is 11.1 Å². The van der Waals surface area contributed by atoms with E-state index in [1.807, 2.05) is 17.8 Å². The van der Waals surface area contributed by atoms with Gasteiger partial charge in [0.1, 0.15) is 0 Å². The van der Waals surface area contributed by atoms with Crippen molar-refractivity contribution < 1.29 is 0 Å². The minimum absolute atomic E-state index is 0.544. The third kappa shape index (κ3) is 4.36. The Kier molecular flexibility index (Phi) is 5.21. The molecule has 1 N–H and O–H groups in total. The average molecular weight is 292 g/mol. The molecular weight excluding hydrogens is 270 g/mol. The van der Waals surface area contributed by atoms with Crippen LogP contribution in [0.25, 0.3) is 0 Å². The summed E-state index contributed by atoms with van der Waals surface area (Å²) in [5.74, 6) is 0. The largest absolute Gasteiger partial charge is 0.314 e. The van der Waals surface area contributed by atoms with Crippen LogP contribution in [0.4, 0.5) is 0 Å². The van der Waals surface area contributed by atoms with E-state index in [4.69, 9.17) is 11.6 Å². The van der Waals surface area contributed by atoms with Gasteiger partial charge in [0, 0.05) is 12.2 Å². The molecular formula is C16H22ClN3. The van der Waals surface area contributed by atoms with E-state index in [-0.39, 0.29) is 0 Å². The highest BCUT2D eigenvalue weighted by molar-refractivity contribution is 6.31. The first-order valence-electron chi connectivity index (χ1n) is 7.05. The van der Waals surface area contributed by atoms with Crippen molar-refractivity contribution in [3.05, 3.63) is 52.3 Å². The first-order valence-corrected chi connectivity index (χ1v) is 7.43. The van der Waals surface area contributed by atoms with Gasteiger partial charge in [-0.05, 0) is 31.0 Å². The van der Waals surface area contributed by atoms with E-state index in [1.54, 1.807) is 0 Å². The molecule has 108 valence electrons. The molecule has 0 aliphatic heterocycles. The summed E-state index contributed by atoms with van der Waals surface area (Å²) in [6.45, 7) is 8.04. The minimum atomic E-state index is 0.544. The van der Waals surface area contributed by atoms with Gasteiger partial charge in [-0.15, -0.1) is 0 Å². The zero-order chi connectivity index (χ0) is 14.5. The van der Waals surface area contributed by atoms with Crippen LogP contribution in [0.1, 0.15) is 30.7 Å². The van der Waals surface area contributed by atoms with Crippen molar-refractivity contribution in [1.82, 2.24) is 15.1 Å². The van der Waals surface area contributed by atoms with Gasteiger partial charge in [0.15, 0.2) is 0 Å². The number of halogens is 1. The van der Waals surface area contributed by atoms with Crippen molar-refractivity contribution in [3.8, 4) is 0 Å². The lowest BCUT2D eigenvalue weighted by Gasteiger charge is -2.08. The second-order valence-electron chi connectivity index (χ2n) is 5.44. The summed E-state index contributed by atoms with van der Waals surface area (Å²) < 4.78 is 1.88. The Hall–Kier alpha value is -1.32. The van der Waals surface area contributed by atoms with Gasteiger partial charge in [0.2, 0.25) is 0 Å². The second-order valence-corrected chi connectivity index (χ2v) is 5.84. The molecule has 2 rings (SSSR count). The van der Waals surface area contributed by atoms with Crippen molar-refractivity contribution in [2.45, 2.75) is 39.8 Å². The smallest absolute Gasteiger partial charge is 0.0815 e. The van der Waals surface area contributed by atoms with Gasteiger partial charge < -0.3 is 5.32 Å². The second kappa shape index (κ2) is 6.91. The maximum absolute atomic E-state index is 6.01. The number of hydrogen-bond acceptors (Lipinski definition) is 2. The van der Waals surface area contributed by atoms with Crippen LogP contribution in [0, 0.1) is 6.92 Å². The number of hydrogen-bond donors (Lipinski definition) is 1. The van der Waals surface area contributed by atoms with Crippen LogP contribution in [0.5, 0.6) is 0 Å². The first kappa shape index (κ1) is 15.1. The maximum Gasteiger partial charge on any atom is 0.0815 e. The minimum Gasteiger partial charge on any atom is -0.314 e. The van der Waals surface area contributed by atoms with Crippen LogP contribution < -0.4 is 5.32 Å². The zero-order valence-electron chi connectivity index (χ0n) is 12.4. The van der Waals surface area contributed by atoms with Gasteiger partial charge in [-0.3, -0.25) is 4.68 Å². The van der Waals surface area contributed by atoms with E-state index >= 15 is 0 Å². The van der Waals surface area contributed by atoms with Gasteiger partial charge in [-0.25, -0.2) is 0 Å². The third-order valence-corrected chi connectivity index (χ3v) is 3.59. The Morgan fingerprint density at radius 2 is 1.85 bits per heavy atom. The van der Waals surface area contributed by atoms with Gasteiger partial charge in [0.25, 0.3) is 0 Å². The molecule has 0 fully saturated rings. The van der Waals surface area contributed by atoms with Crippen LogP contribution in [-0.2, 0) is 13.0 Å². The Morgan fingerprint density at radius 3 is 2.40 bits per heavy atom. The predicted octanol–water partition coefficient (Wildman–Crippen LogP) is 3.43. The van der Waals surface area contributed by atoms with Crippen LogP contribution in [0.3, 0.4) is 0 Å². The Morgan fingerprint density at radius 1 is 1.20 bits per heavy atom. The lowest BCUT2D eigenvalue weighted by Crippen LogP contribution is -2.24. The van der Waals surface area contributed by atoms with Crippen molar-refractivity contribution >= 4 is 11.6 Å². The summed E-state index contributed by atoms with van der Waals surface area (Å²) in [6, 6.07) is 9.25. The number of aromatic nitrogens is 2. The molecule has 0 spiro atoms. The van der Waals surface area contributed by atoms with Gasteiger partial charge >= 0.3 is 0 Å². The van der Waals surface area contributed by atoms with Crippen LogP contribution >= 0.6 is 11.6 Å². The molecule has 0 aliphatic rings. The maximum atomic E-state index is 6.01. The first-order chi connectivity index (χ1) is 9.54. The van der Waals surface area contributed by atoms with E-state index in [2.05, 4.69) is 48.5 Å². The van der Waals surface area contributed by atoms with Crippen LogP contribution in [0.2, 0.25) is 5.02 Å². The number of nitrogens with one attached hydrogen (secondary N) is 1. The van der Waals surface area contributed by atoms with Gasteiger partial charge in [-0.2, -0.15) is 5.10 Å². The SMILES string of the molecule is Cc1nn(Cc2ccc(CCNC(C)C)cc2)cc1Cl. The molecule has 3 nitrogen and oxygen atoms in total. The molecule has 0 saturated heterocycles. The van der Waals surface area contributed by atoms with E-state index in [0.717, 1.165) is 30.2 Å². The summed E-state index contributed by atoms with van der Waals surface area (Å²) in [5, 5.41) is 8.52. The highest BCUT2D eigenvalue weighted by atomic mass is 35.5. The molecule has 0 unspecified atom stereocenters. The Balaban J connectivity index is 1.91. The topological polar surface area (TPSA) is 29.9 Å². The molecule has 1 aromatic carbocycles. The fourth-order valence-corrected chi connectivity index (χ4v) is 2.23. The molecule has 20 heavy (non-hydrogen) atoms. The summed E-state index contributed by atoms with van der Waals surface area (Å²) in [7, 11) is 0. The summed E-state index contributed by atoms with van der Waals surface area (Å²) in [6.07, 6.45) is 2.93. The Labute approximate surface area is 126 Å². The van der Waals surface area contributed by atoms with E-state index in [9.17, 15) is 0 Å². The highest BCUT2D eigenvalue weighted by Gasteiger charge is 2.03. The molecule has 0 saturated carbocycles. The molecule has 4 heteroatoms. The lowest BCUT2D eigenvalue weighted by atomic mass is 10.1. The van der Waals surface area contributed by atoms with Gasteiger partial charge in [-0.1, -0.05) is 49.7 Å². The standard InChI is InChI=1S/C16H22ClN3/c1-12(2)18-9-8-14-4-6-15(7-5-14)10-20-11-16(17)13(3)19-20/h4-7,11-12,18H,8-10H2,1-3H3. The number of rotatable bonds is 6. The molecule has 0 radical (unpaired) electrons. The van der Waals surface area contributed by atoms with E-state index < -0.39 is 0 Å². The average Bonchev–Trinajstić information content (AvgIpc) is 2.70. The number of benzene rings is 1. The number of aryl methyl sites for hydroxylation is 1. The Bertz CT molecular complexity index is 524. The van der Waals surface area contributed by atoms with Crippen molar-refractivity contribution in [1.29, 1.82) is 0 Å². The molecule has 1 heterocycles. The molecule has 0 atom stereocenters. The quantitative estimate of drug-likeness (QED) is 0.884. The zero-order valence-corrected chi connectivity index (χ0v) is 13.1. The van der Waals surface area contributed by atoms with E-state index in [0.29, 0.717) is 6.04 Å². The van der Waals surface area contributed by atoms with Crippen molar-refractivity contribution in [3.63, 3.8) is 0 Å². The normalized spacial score (nSPS) is 11.2.